The number of nitrogens with zero attached hydrogens (tertiary/aromatic N) is 6. The molecular formula is C22H28N6O. The third kappa shape index (κ3) is 4.29. The molecule has 29 heavy (non-hydrogen) atoms. The van der Waals surface area contributed by atoms with Gasteiger partial charge in [-0.1, -0.05) is 23.4 Å². The van der Waals surface area contributed by atoms with Crippen molar-refractivity contribution in [2.75, 3.05) is 26.2 Å². The van der Waals surface area contributed by atoms with Crippen molar-refractivity contribution in [2.45, 2.75) is 39.3 Å². The monoisotopic (exact) mass is 392 g/mol. The van der Waals surface area contributed by atoms with Crippen LogP contribution in [-0.4, -0.2) is 61.9 Å². The fourth-order valence-electron chi connectivity index (χ4n) is 4.09. The minimum atomic E-state index is -0.0439. The van der Waals surface area contributed by atoms with Gasteiger partial charge in [-0.25, -0.2) is 4.68 Å². The first kappa shape index (κ1) is 19.5. The normalized spacial score (nSPS) is 17.5. The minimum absolute atomic E-state index is 0.0439. The lowest BCUT2D eigenvalue weighted by atomic mass is 10.0. The molecule has 7 heteroatoms. The molecule has 2 aromatic heterocycles. The predicted octanol–water partition coefficient (Wildman–Crippen LogP) is 3.15. The molecule has 3 aromatic rings. The van der Waals surface area contributed by atoms with E-state index < -0.39 is 0 Å². The third-order valence-electron chi connectivity index (χ3n) is 5.71. The number of piperidine rings is 1. The van der Waals surface area contributed by atoms with Gasteiger partial charge in [0.25, 0.3) is 5.91 Å². The highest BCUT2D eigenvalue weighted by molar-refractivity contribution is 5.91. The van der Waals surface area contributed by atoms with Gasteiger partial charge in [0.05, 0.1) is 17.8 Å². The largest absolute Gasteiger partial charge is 0.338 e. The maximum atomic E-state index is 12.5. The number of benzene rings is 1. The van der Waals surface area contributed by atoms with Crippen molar-refractivity contribution in [3.63, 3.8) is 0 Å². The molecule has 0 N–H and O–H groups in total. The highest BCUT2D eigenvalue weighted by atomic mass is 16.2. The number of rotatable bonds is 6. The smallest absolute Gasteiger partial charge is 0.276 e. The van der Waals surface area contributed by atoms with Crippen LogP contribution in [0.15, 0.2) is 42.7 Å². The van der Waals surface area contributed by atoms with Crippen molar-refractivity contribution in [3.05, 3.63) is 54.0 Å². The molecule has 7 nitrogen and oxygen atoms in total. The molecule has 1 fully saturated rings. The first-order valence-electron chi connectivity index (χ1n) is 10.4. The van der Waals surface area contributed by atoms with E-state index in [1.807, 2.05) is 37.0 Å². The zero-order chi connectivity index (χ0) is 20.2. The quantitative estimate of drug-likeness (QED) is 0.645. The highest BCUT2D eigenvalue weighted by Crippen LogP contribution is 2.23. The van der Waals surface area contributed by atoms with Crippen LogP contribution < -0.4 is 0 Å². The average molecular weight is 393 g/mol. The van der Waals surface area contributed by atoms with Crippen molar-refractivity contribution >= 4 is 16.8 Å². The Bertz CT molecular complexity index is 980. The van der Waals surface area contributed by atoms with Gasteiger partial charge < -0.3 is 4.90 Å². The summed E-state index contributed by atoms with van der Waals surface area (Å²) in [5, 5.41) is 9.59. The topological polar surface area (TPSA) is 67.2 Å². The SMILES string of the molecule is CCN(CC)C(=O)c1cn(C2CCCN(Cc3ccc4cccnc4c3)C2)nn1. The van der Waals surface area contributed by atoms with Crippen molar-refractivity contribution in [3.8, 4) is 0 Å². The van der Waals surface area contributed by atoms with E-state index in [-0.39, 0.29) is 11.9 Å². The van der Waals surface area contributed by atoms with E-state index in [9.17, 15) is 4.79 Å². The van der Waals surface area contributed by atoms with E-state index in [4.69, 9.17) is 0 Å². The lowest BCUT2D eigenvalue weighted by Gasteiger charge is -2.32. The summed E-state index contributed by atoms with van der Waals surface area (Å²) < 4.78 is 1.88. The summed E-state index contributed by atoms with van der Waals surface area (Å²) in [6, 6.07) is 10.8. The molecule has 152 valence electrons. The van der Waals surface area contributed by atoms with Crippen molar-refractivity contribution < 1.29 is 4.79 Å². The number of fused-ring (bicyclic) bond motifs is 1. The first-order chi connectivity index (χ1) is 14.2. The predicted molar refractivity (Wildman–Crippen MR) is 113 cm³/mol. The standard InChI is InChI=1S/C22H28N6O/c1-3-27(4-2)22(29)21-16-28(25-24-21)19-8-6-12-26(15-19)14-17-9-10-18-7-5-11-23-20(18)13-17/h5,7,9-11,13,16,19H,3-4,6,8,12,14-15H2,1-2H3. The lowest BCUT2D eigenvalue weighted by molar-refractivity contribution is 0.0767. The van der Waals surface area contributed by atoms with Crippen molar-refractivity contribution in [1.82, 2.24) is 29.8 Å². The first-order valence-corrected chi connectivity index (χ1v) is 10.4. The van der Waals surface area contributed by atoms with Crippen LogP contribution in [0.5, 0.6) is 0 Å². The number of aromatic nitrogens is 4. The Morgan fingerprint density at radius 2 is 2.10 bits per heavy atom. The van der Waals surface area contributed by atoms with Crippen LogP contribution in [0.25, 0.3) is 10.9 Å². The number of amides is 1. The summed E-state index contributed by atoms with van der Waals surface area (Å²) in [6.45, 7) is 8.18. The molecule has 1 atom stereocenters. The zero-order valence-corrected chi connectivity index (χ0v) is 17.2. The van der Waals surface area contributed by atoms with Crippen LogP contribution in [-0.2, 0) is 6.54 Å². The van der Waals surface area contributed by atoms with E-state index in [2.05, 4.69) is 44.5 Å². The molecule has 1 unspecified atom stereocenters. The number of likely N-dealkylation sites (tertiary alicyclic amines) is 1. The van der Waals surface area contributed by atoms with E-state index in [1.54, 1.807) is 4.90 Å². The van der Waals surface area contributed by atoms with Gasteiger partial charge in [-0.05, 0) is 50.9 Å². The molecule has 0 radical (unpaired) electrons. The summed E-state index contributed by atoms with van der Waals surface area (Å²) in [7, 11) is 0. The van der Waals surface area contributed by atoms with Gasteiger partial charge in [0.2, 0.25) is 0 Å². The Kier molecular flexibility index (Phi) is 5.85. The Morgan fingerprint density at radius 1 is 1.24 bits per heavy atom. The van der Waals surface area contributed by atoms with Crippen molar-refractivity contribution in [2.24, 2.45) is 0 Å². The highest BCUT2D eigenvalue weighted by Gasteiger charge is 2.24. The van der Waals surface area contributed by atoms with Crippen LogP contribution in [0.3, 0.4) is 0 Å². The van der Waals surface area contributed by atoms with Gasteiger partial charge in [0.1, 0.15) is 0 Å². The summed E-state index contributed by atoms with van der Waals surface area (Å²) in [6.07, 6.45) is 5.81. The second-order valence-corrected chi connectivity index (χ2v) is 7.62. The number of carbonyl (C=O) groups excluding carboxylic acids is 1. The summed E-state index contributed by atoms with van der Waals surface area (Å²) in [5.41, 5.74) is 2.74. The van der Waals surface area contributed by atoms with Crippen LogP contribution in [0, 0.1) is 0 Å². The second kappa shape index (κ2) is 8.69. The molecule has 1 aromatic carbocycles. The van der Waals surface area contributed by atoms with Gasteiger partial charge in [-0.2, -0.15) is 0 Å². The molecule has 0 spiro atoms. The number of carbonyl (C=O) groups is 1. The van der Waals surface area contributed by atoms with Gasteiger partial charge in [-0.15, -0.1) is 5.10 Å². The summed E-state index contributed by atoms with van der Waals surface area (Å²) >= 11 is 0. The van der Waals surface area contributed by atoms with Crippen LogP contribution in [0.2, 0.25) is 0 Å². The molecule has 4 rings (SSSR count). The minimum Gasteiger partial charge on any atom is -0.338 e. The molecule has 0 aliphatic carbocycles. The van der Waals surface area contributed by atoms with E-state index in [0.717, 1.165) is 38.0 Å². The molecule has 0 saturated carbocycles. The van der Waals surface area contributed by atoms with Gasteiger partial charge in [0, 0.05) is 37.8 Å². The van der Waals surface area contributed by atoms with E-state index in [1.165, 1.54) is 10.9 Å². The molecular weight excluding hydrogens is 364 g/mol. The summed E-state index contributed by atoms with van der Waals surface area (Å²) in [5.74, 6) is -0.0439. The fourth-order valence-corrected chi connectivity index (χ4v) is 4.09. The van der Waals surface area contributed by atoms with Gasteiger partial charge in [0.15, 0.2) is 5.69 Å². The molecule has 1 saturated heterocycles. The molecule has 1 aliphatic heterocycles. The van der Waals surface area contributed by atoms with E-state index >= 15 is 0 Å². The van der Waals surface area contributed by atoms with Gasteiger partial charge >= 0.3 is 0 Å². The Hall–Kier alpha value is -2.80. The van der Waals surface area contributed by atoms with Crippen LogP contribution in [0.1, 0.15) is 48.8 Å². The third-order valence-corrected chi connectivity index (χ3v) is 5.71. The maximum absolute atomic E-state index is 12.5. The summed E-state index contributed by atoms with van der Waals surface area (Å²) in [4.78, 5) is 21.2. The Morgan fingerprint density at radius 3 is 2.93 bits per heavy atom. The number of hydrogen-bond acceptors (Lipinski definition) is 5. The fraction of sp³-hybridized carbons (Fsp3) is 0.455. The lowest BCUT2D eigenvalue weighted by Crippen LogP contribution is -2.36. The zero-order valence-electron chi connectivity index (χ0n) is 17.2. The van der Waals surface area contributed by atoms with E-state index in [0.29, 0.717) is 18.8 Å². The number of hydrogen-bond donors (Lipinski definition) is 0. The number of pyridine rings is 1. The maximum Gasteiger partial charge on any atom is 0.276 e. The molecule has 0 bridgehead atoms. The Labute approximate surface area is 171 Å². The Balaban J connectivity index is 1.43. The average Bonchev–Trinajstić information content (AvgIpc) is 3.25. The molecule has 1 amide bonds. The molecule has 1 aliphatic rings. The van der Waals surface area contributed by atoms with Crippen molar-refractivity contribution in [1.29, 1.82) is 0 Å². The second-order valence-electron chi connectivity index (χ2n) is 7.62. The van der Waals surface area contributed by atoms with Gasteiger partial charge in [-0.3, -0.25) is 14.7 Å². The molecule has 3 heterocycles. The van der Waals surface area contributed by atoms with Crippen LogP contribution >= 0.6 is 0 Å². The van der Waals surface area contributed by atoms with Crippen LogP contribution in [0.4, 0.5) is 0 Å².